The molecule has 0 aliphatic heterocycles. The molecule has 1 fully saturated rings. The minimum absolute atomic E-state index is 0.198. The molecule has 29 heavy (non-hydrogen) atoms. The first-order chi connectivity index (χ1) is 13.8. The lowest BCUT2D eigenvalue weighted by Gasteiger charge is -2.19. The maximum absolute atomic E-state index is 13.2. The van der Waals surface area contributed by atoms with Crippen LogP contribution in [0.1, 0.15) is 58.9 Å². The van der Waals surface area contributed by atoms with Crippen LogP contribution in [0.5, 0.6) is 0 Å². The Morgan fingerprint density at radius 1 is 1.21 bits per heavy atom. The molecule has 1 amide bonds. The van der Waals surface area contributed by atoms with Crippen molar-refractivity contribution in [3.63, 3.8) is 0 Å². The zero-order chi connectivity index (χ0) is 21.1. The van der Waals surface area contributed by atoms with E-state index in [9.17, 15) is 23.6 Å². The summed E-state index contributed by atoms with van der Waals surface area (Å²) in [5.41, 5.74) is 1.76. The van der Waals surface area contributed by atoms with Gasteiger partial charge in [-0.3, -0.25) is 4.79 Å². The maximum Gasteiger partial charge on any atom is 0.338 e. The van der Waals surface area contributed by atoms with E-state index in [-0.39, 0.29) is 11.6 Å². The molecule has 152 valence electrons. The van der Waals surface area contributed by atoms with E-state index in [1.807, 2.05) is 18.4 Å². The molecule has 0 unspecified atom stereocenters. The molecule has 1 N–H and O–H groups in total. The number of aromatic nitrogens is 1. The first-order valence-corrected chi connectivity index (χ1v) is 9.36. The fourth-order valence-corrected chi connectivity index (χ4v) is 3.76. The van der Waals surface area contributed by atoms with Crippen molar-refractivity contribution in [3.05, 3.63) is 52.2 Å². The second-order valence-corrected chi connectivity index (χ2v) is 7.14. The monoisotopic (exact) mass is 401 g/mol. The van der Waals surface area contributed by atoms with Gasteiger partial charge in [0.05, 0.1) is 11.1 Å². The van der Waals surface area contributed by atoms with Crippen molar-refractivity contribution in [2.24, 2.45) is 0 Å². The second-order valence-electron chi connectivity index (χ2n) is 7.14. The average molecular weight is 401 g/mol. The molecule has 1 saturated carbocycles. The van der Waals surface area contributed by atoms with Crippen LogP contribution in [0.25, 0.3) is 0 Å². The van der Waals surface area contributed by atoms with Crippen molar-refractivity contribution in [3.8, 4) is 6.07 Å². The van der Waals surface area contributed by atoms with Crippen LogP contribution in [-0.4, -0.2) is 23.1 Å². The molecule has 0 saturated heterocycles. The summed E-state index contributed by atoms with van der Waals surface area (Å²) in [4.78, 5) is 24.3. The Morgan fingerprint density at radius 2 is 1.83 bits per heavy atom. The van der Waals surface area contributed by atoms with Crippen molar-refractivity contribution in [2.75, 3.05) is 11.9 Å². The summed E-state index contributed by atoms with van der Waals surface area (Å²) < 4.78 is 33.3. The first kappa shape index (κ1) is 20.5. The lowest BCUT2D eigenvalue weighted by Crippen LogP contribution is -2.24. The molecule has 0 radical (unpaired) electrons. The summed E-state index contributed by atoms with van der Waals surface area (Å²) in [6, 6.07) is 4.62. The number of ether oxygens (including phenoxy) is 1. The van der Waals surface area contributed by atoms with E-state index in [1.165, 1.54) is 0 Å². The summed E-state index contributed by atoms with van der Waals surface area (Å²) in [5.74, 6) is -3.09. The third-order valence-corrected chi connectivity index (χ3v) is 5.25. The van der Waals surface area contributed by atoms with Gasteiger partial charge in [0.1, 0.15) is 23.5 Å². The summed E-state index contributed by atoms with van der Waals surface area (Å²) in [6.07, 6.45) is 4.09. The Hall–Kier alpha value is -3.21. The molecular formula is C21H21F2N3O3. The number of hydrogen-bond donors (Lipinski definition) is 1. The zero-order valence-corrected chi connectivity index (χ0v) is 16.2. The Bertz CT molecular complexity index is 981. The minimum atomic E-state index is -1.02. The molecule has 0 bridgehead atoms. The maximum atomic E-state index is 13.2. The normalized spacial score (nSPS) is 13.9. The Morgan fingerprint density at radius 3 is 2.41 bits per heavy atom. The summed E-state index contributed by atoms with van der Waals surface area (Å²) in [6.45, 7) is 3.09. The number of nitriles is 1. The molecule has 3 rings (SSSR count). The van der Waals surface area contributed by atoms with Gasteiger partial charge in [-0.15, -0.1) is 0 Å². The lowest BCUT2D eigenvalue weighted by molar-refractivity contribution is -0.119. The smallest absolute Gasteiger partial charge is 0.338 e. The molecule has 8 heteroatoms. The highest BCUT2D eigenvalue weighted by Crippen LogP contribution is 2.37. The van der Waals surface area contributed by atoms with Crippen LogP contribution >= 0.6 is 0 Å². The Labute approximate surface area is 167 Å². The number of benzene rings is 1. The van der Waals surface area contributed by atoms with Gasteiger partial charge in [0.25, 0.3) is 5.91 Å². The highest BCUT2D eigenvalue weighted by Gasteiger charge is 2.27. The lowest BCUT2D eigenvalue weighted by atomic mass is 10.2. The SMILES string of the molecule is Cc1c(C#N)c(NC(=O)COC(=O)c2cc(F)cc(F)c2)n(C2CCCC2)c1C. The van der Waals surface area contributed by atoms with E-state index >= 15 is 0 Å². The fourth-order valence-electron chi connectivity index (χ4n) is 3.76. The number of nitrogens with one attached hydrogen (secondary N) is 1. The second kappa shape index (κ2) is 8.43. The quantitative estimate of drug-likeness (QED) is 0.763. The van der Waals surface area contributed by atoms with Crippen molar-refractivity contribution < 1.29 is 23.1 Å². The summed E-state index contributed by atoms with van der Waals surface area (Å²) >= 11 is 0. The molecule has 0 atom stereocenters. The highest BCUT2D eigenvalue weighted by atomic mass is 19.1. The topological polar surface area (TPSA) is 84.1 Å². The van der Waals surface area contributed by atoms with Crippen LogP contribution in [-0.2, 0) is 9.53 Å². The molecule has 1 aliphatic rings. The van der Waals surface area contributed by atoms with Gasteiger partial charge in [-0.1, -0.05) is 12.8 Å². The van der Waals surface area contributed by atoms with Crippen LogP contribution < -0.4 is 5.32 Å². The first-order valence-electron chi connectivity index (χ1n) is 9.36. The summed E-state index contributed by atoms with van der Waals surface area (Å²) in [5, 5.41) is 12.2. The van der Waals surface area contributed by atoms with Gasteiger partial charge in [0, 0.05) is 17.8 Å². The fraction of sp³-hybridized carbons (Fsp3) is 0.381. The molecule has 0 spiro atoms. The molecule has 2 aromatic rings. The average Bonchev–Trinajstić information content (AvgIpc) is 3.26. The number of amides is 1. The molecule has 1 aromatic heterocycles. The number of anilines is 1. The summed E-state index contributed by atoms with van der Waals surface area (Å²) in [7, 11) is 0. The zero-order valence-electron chi connectivity index (χ0n) is 16.2. The van der Waals surface area contributed by atoms with Gasteiger partial charge in [-0.2, -0.15) is 5.26 Å². The van der Waals surface area contributed by atoms with Gasteiger partial charge in [-0.05, 0) is 44.4 Å². The van der Waals surface area contributed by atoms with Crippen LogP contribution in [0.3, 0.4) is 0 Å². The van der Waals surface area contributed by atoms with E-state index in [2.05, 4.69) is 11.4 Å². The Kier molecular flexibility index (Phi) is 5.97. The van der Waals surface area contributed by atoms with E-state index in [1.54, 1.807) is 0 Å². The molecule has 1 heterocycles. The standard InChI is InChI=1S/C21H21F2N3O3/c1-12-13(2)26(17-5-3-4-6-17)20(18(12)10-24)25-19(27)11-29-21(28)14-7-15(22)9-16(23)8-14/h7-9,17H,3-6,11H2,1-2H3,(H,25,27). The predicted octanol–water partition coefficient (Wildman–Crippen LogP) is 4.17. The van der Waals surface area contributed by atoms with Crippen LogP contribution in [0.2, 0.25) is 0 Å². The number of nitrogens with zero attached hydrogens (tertiary/aromatic N) is 2. The third kappa shape index (κ3) is 4.29. The highest BCUT2D eigenvalue weighted by molar-refractivity contribution is 5.96. The number of carbonyl (C=O) groups excluding carboxylic acids is 2. The van der Waals surface area contributed by atoms with Crippen molar-refractivity contribution in [2.45, 2.75) is 45.6 Å². The van der Waals surface area contributed by atoms with Gasteiger partial charge in [-0.25, -0.2) is 13.6 Å². The third-order valence-electron chi connectivity index (χ3n) is 5.25. The van der Waals surface area contributed by atoms with E-state index in [0.29, 0.717) is 17.4 Å². The van der Waals surface area contributed by atoms with Crippen LogP contribution in [0.4, 0.5) is 14.6 Å². The number of rotatable bonds is 5. The molecule has 1 aromatic carbocycles. The number of esters is 1. The number of carbonyl (C=O) groups is 2. The van der Waals surface area contributed by atoms with Crippen molar-refractivity contribution >= 4 is 17.7 Å². The van der Waals surface area contributed by atoms with Gasteiger partial charge in [0.2, 0.25) is 0 Å². The molecule has 6 nitrogen and oxygen atoms in total. The van der Waals surface area contributed by atoms with Crippen molar-refractivity contribution in [1.82, 2.24) is 4.57 Å². The van der Waals surface area contributed by atoms with Gasteiger partial charge in [0.15, 0.2) is 6.61 Å². The minimum Gasteiger partial charge on any atom is -0.452 e. The van der Waals surface area contributed by atoms with Gasteiger partial charge >= 0.3 is 5.97 Å². The predicted molar refractivity (Wildman–Crippen MR) is 101 cm³/mol. The van der Waals surface area contributed by atoms with E-state index < -0.39 is 30.1 Å². The van der Waals surface area contributed by atoms with Gasteiger partial charge < -0.3 is 14.6 Å². The van der Waals surface area contributed by atoms with Crippen molar-refractivity contribution in [1.29, 1.82) is 5.26 Å². The van der Waals surface area contributed by atoms with Crippen LogP contribution in [0, 0.1) is 36.8 Å². The largest absolute Gasteiger partial charge is 0.452 e. The molecular weight excluding hydrogens is 380 g/mol. The van der Waals surface area contributed by atoms with E-state index in [0.717, 1.165) is 49.1 Å². The molecule has 1 aliphatic carbocycles. The number of hydrogen-bond acceptors (Lipinski definition) is 4. The Balaban J connectivity index is 1.74. The van der Waals surface area contributed by atoms with E-state index in [4.69, 9.17) is 4.74 Å². The van der Waals surface area contributed by atoms with Crippen LogP contribution in [0.15, 0.2) is 18.2 Å². The number of halogens is 2.